The number of carbonyl (C=O) groups excluding carboxylic acids is 1. The molecule has 12 heavy (non-hydrogen) atoms. The standard InChI is InChI=1S/C10H21NO/c1-7(2)5-6-8(3)9(4)10(11)12/h7-9H,5-6H2,1-4H3,(H2,11,12)/t8?,9-/m0/s1. The minimum atomic E-state index is -0.175. The fourth-order valence-corrected chi connectivity index (χ4v) is 1.13. The van der Waals surface area contributed by atoms with Crippen molar-refractivity contribution in [1.29, 1.82) is 0 Å². The van der Waals surface area contributed by atoms with E-state index in [9.17, 15) is 4.79 Å². The summed E-state index contributed by atoms with van der Waals surface area (Å²) >= 11 is 0. The lowest BCUT2D eigenvalue weighted by molar-refractivity contribution is -0.122. The van der Waals surface area contributed by atoms with Crippen molar-refractivity contribution in [2.75, 3.05) is 0 Å². The third-order valence-electron chi connectivity index (χ3n) is 2.50. The van der Waals surface area contributed by atoms with Gasteiger partial charge in [0.1, 0.15) is 0 Å². The Morgan fingerprint density at radius 3 is 2.00 bits per heavy atom. The molecule has 1 unspecified atom stereocenters. The van der Waals surface area contributed by atoms with E-state index < -0.39 is 0 Å². The molecule has 0 bridgehead atoms. The van der Waals surface area contributed by atoms with Crippen LogP contribution >= 0.6 is 0 Å². The molecule has 2 nitrogen and oxygen atoms in total. The summed E-state index contributed by atoms with van der Waals surface area (Å²) in [7, 11) is 0. The number of hydrogen-bond acceptors (Lipinski definition) is 1. The second-order valence-corrected chi connectivity index (χ2v) is 4.14. The van der Waals surface area contributed by atoms with Gasteiger partial charge in [0.2, 0.25) is 5.91 Å². The lowest BCUT2D eigenvalue weighted by Gasteiger charge is -2.17. The van der Waals surface area contributed by atoms with Gasteiger partial charge in [-0.1, -0.05) is 34.1 Å². The molecule has 0 rings (SSSR count). The lowest BCUT2D eigenvalue weighted by Crippen LogP contribution is -2.26. The summed E-state index contributed by atoms with van der Waals surface area (Å²) in [5, 5.41) is 0. The summed E-state index contributed by atoms with van der Waals surface area (Å²) in [6, 6.07) is 0. The molecule has 0 aliphatic rings. The Morgan fingerprint density at radius 1 is 1.17 bits per heavy atom. The van der Waals surface area contributed by atoms with E-state index in [-0.39, 0.29) is 11.8 Å². The predicted molar refractivity (Wildman–Crippen MR) is 51.6 cm³/mol. The van der Waals surface area contributed by atoms with Crippen LogP contribution in [0.3, 0.4) is 0 Å². The smallest absolute Gasteiger partial charge is 0.220 e. The quantitative estimate of drug-likeness (QED) is 0.677. The molecule has 1 amide bonds. The molecule has 0 saturated heterocycles. The zero-order chi connectivity index (χ0) is 9.72. The molecule has 72 valence electrons. The van der Waals surface area contributed by atoms with E-state index in [1.807, 2.05) is 6.92 Å². The van der Waals surface area contributed by atoms with E-state index in [4.69, 9.17) is 5.73 Å². The molecule has 0 radical (unpaired) electrons. The summed E-state index contributed by atoms with van der Waals surface area (Å²) in [5.74, 6) is 0.979. The third-order valence-corrected chi connectivity index (χ3v) is 2.50. The Balaban J connectivity index is 3.71. The van der Waals surface area contributed by atoms with E-state index in [1.165, 1.54) is 6.42 Å². The first-order valence-corrected chi connectivity index (χ1v) is 4.74. The Morgan fingerprint density at radius 2 is 1.67 bits per heavy atom. The number of carbonyl (C=O) groups is 1. The Bertz CT molecular complexity index is 143. The maximum absolute atomic E-state index is 10.8. The van der Waals surface area contributed by atoms with E-state index in [0.29, 0.717) is 11.8 Å². The zero-order valence-corrected chi connectivity index (χ0v) is 8.63. The fraction of sp³-hybridized carbons (Fsp3) is 0.900. The number of nitrogens with two attached hydrogens (primary N) is 1. The van der Waals surface area contributed by atoms with Crippen LogP contribution in [0.15, 0.2) is 0 Å². The van der Waals surface area contributed by atoms with Gasteiger partial charge >= 0.3 is 0 Å². The van der Waals surface area contributed by atoms with Crippen LogP contribution in [0.5, 0.6) is 0 Å². The first-order valence-electron chi connectivity index (χ1n) is 4.74. The van der Waals surface area contributed by atoms with Crippen LogP contribution in [-0.2, 0) is 4.79 Å². The van der Waals surface area contributed by atoms with Crippen LogP contribution in [0.25, 0.3) is 0 Å². The molecule has 0 fully saturated rings. The molecule has 0 aliphatic carbocycles. The largest absolute Gasteiger partial charge is 0.369 e. The van der Waals surface area contributed by atoms with Gasteiger partial charge < -0.3 is 5.73 Å². The first kappa shape index (κ1) is 11.5. The summed E-state index contributed by atoms with van der Waals surface area (Å²) < 4.78 is 0. The van der Waals surface area contributed by atoms with Gasteiger partial charge in [-0.25, -0.2) is 0 Å². The van der Waals surface area contributed by atoms with E-state index >= 15 is 0 Å². The summed E-state index contributed by atoms with van der Waals surface area (Å²) in [6.07, 6.45) is 2.28. The van der Waals surface area contributed by atoms with Crippen molar-refractivity contribution in [3.8, 4) is 0 Å². The van der Waals surface area contributed by atoms with E-state index in [1.54, 1.807) is 0 Å². The van der Waals surface area contributed by atoms with Gasteiger partial charge in [0.25, 0.3) is 0 Å². The van der Waals surface area contributed by atoms with Crippen molar-refractivity contribution >= 4 is 5.91 Å². The van der Waals surface area contributed by atoms with Crippen molar-refractivity contribution < 1.29 is 4.79 Å². The molecular weight excluding hydrogens is 150 g/mol. The van der Waals surface area contributed by atoms with Gasteiger partial charge in [-0.15, -0.1) is 0 Å². The van der Waals surface area contributed by atoms with Gasteiger partial charge in [-0.3, -0.25) is 4.79 Å². The van der Waals surface area contributed by atoms with Crippen molar-refractivity contribution in [2.45, 2.75) is 40.5 Å². The highest BCUT2D eigenvalue weighted by Gasteiger charge is 2.17. The normalized spacial score (nSPS) is 16.1. The highest BCUT2D eigenvalue weighted by atomic mass is 16.1. The number of rotatable bonds is 5. The van der Waals surface area contributed by atoms with Gasteiger partial charge in [0.15, 0.2) is 0 Å². The minimum Gasteiger partial charge on any atom is -0.369 e. The average molecular weight is 171 g/mol. The molecule has 0 aliphatic heterocycles. The third kappa shape index (κ3) is 4.37. The molecule has 2 heteroatoms. The number of amides is 1. The Labute approximate surface area is 75.5 Å². The van der Waals surface area contributed by atoms with Gasteiger partial charge in [0, 0.05) is 5.92 Å². The molecule has 0 aromatic carbocycles. The molecule has 0 saturated carbocycles. The minimum absolute atomic E-state index is 0.0174. The van der Waals surface area contributed by atoms with Crippen molar-refractivity contribution in [2.24, 2.45) is 23.5 Å². The molecule has 2 atom stereocenters. The van der Waals surface area contributed by atoms with Crippen LogP contribution in [0, 0.1) is 17.8 Å². The number of primary amides is 1. The Kier molecular flexibility index (Phi) is 4.95. The van der Waals surface area contributed by atoms with Crippen molar-refractivity contribution in [1.82, 2.24) is 0 Å². The Hall–Kier alpha value is -0.530. The maximum atomic E-state index is 10.8. The maximum Gasteiger partial charge on any atom is 0.220 e. The van der Waals surface area contributed by atoms with Crippen molar-refractivity contribution in [3.05, 3.63) is 0 Å². The first-order chi connectivity index (χ1) is 5.45. The lowest BCUT2D eigenvalue weighted by atomic mass is 9.89. The average Bonchev–Trinajstić information content (AvgIpc) is 1.98. The van der Waals surface area contributed by atoms with Gasteiger partial charge in [0.05, 0.1) is 0 Å². The SMILES string of the molecule is CC(C)CCC(C)[C@H](C)C(N)=O. The molecule has 0 spiro atoms. The van der Waals surface area contributed by atoms with Crippen molar-refractivity contribution in [3.63, 3.8) is 0 Å². The second-order valence-electron chi connectivity index (χ2n) is 4.14. The summed E-state index contributed by atoms with van der Waals surface area (Å²) in [6.45, 7) is 8.40. The van der Waals surface area contributed by atoms with Crippen LogP contribution in [0.1, 0.15) is 40.5 Å². The van der Waals surface area contributed by atoms with Crippen LogP contribution in [0.4, 0.5) is 0 Å². The monoisotopic (exact) mass is 171 g/mol. The van der Waals surface area contributed by atoms with Gasteiger partial charge in [-0.05, 0) is 18.3 Å². The van der Waals surface area contributed by atoms with Crippen LogP contribution in [0.2, 0.25) is 0 Å². The predicted octanol–water partition coefficient (Wildman–Crippen LogP) is 2.18. The molecule has 0 aromatic heterocycles. The second kappa shape index (κ2) is 5.18. The summed E-state index contributed by atoms with van der Waals surface area (Å²) in [4.78, 5) is 10.8. The van der Waals surface area contributed by atoms with E-state index in [0.717, 1.165) is 6.42 Å². The highest BCUT2D eigenvalue weighted by molar-refractivity contribution is 5.76. The number of hydrogen-bond donors (Lipinski definition) is 1. The summed E-state index contributed by atoms with van der Waals surface area (Å²) in [5.41, 5.74) is 5.20. The molecule has 2 N–H and O–H groups in total. The van der Waals surface area contributed by atoms with Crippen LogP contribution in [-0.4, -0.2) is 5.91 Å². The highest BCUT2D eigenvalue weighted by Crippen LogP contribution is 2.19. The van der Waals surface area contributed by atoms with Crippen LogP contribution < -0.4 is 5.73 Å². The fourth-order valence-electron chi connectivity index (χ4n) is 1.13. The molecule has 0 aromatic rings. The van der Waals surface area contributed by atoms with E-state index in [2.05, 4.69) is 20.8 Å². The molecule has 0 heterocycles. The van der Waals surface area contributed by atoms with Gasteiger partial charge in [-0.2, -0.15) is 0 Å². The topological polar surface area (TPSA) is 43.1 Å². The molecular formula is C10H21NO. The zero-order valence-electron chi connectivity index (χ0n) is 8.63.